The topological polar surface area (TPSA) is 66.8 Å². The van der Waals surface area contributed by atoms with Crippen LogP contribution in [-0.4, -0.2) is 35.0 Å². The second-order valence-electron chi connectivity index (χ2n) is 7.48. The zero-order chi connectivity index (χ0) is 25.9. The maximum Gasteiger partial charge on any atom is 0.305 e. The summed E-state index contributed by atoms with van der Waals surface area (Å²) in [6.45, 7) is 4.71. The molecule has 2 aliphatic rings. The molecule has 0 aliphatic heterocycles. The highest BCUT2D eigenvalue weighted by atomic mass is 16.5. The summed E-state index contributed by atoms with van der Waals surface area (Å²) in [5.74, 6) is 3.12. The summed E-state index contributed by atoms with van der Waals surface area (Å²) >= 11 is 0. The van der Waals surface area contributed by atoms with E-state index in [2.05, 4.69) is 11.8 Å². The third-order valence-electron chi connectivity index (χ3n) is 5.49. The molecule has 4 heteroatoms. The predicted molar refractivity (Wildman–Crippen MR) is 111 cm³/mol. The Bertz CT molecular complexity index is 857. The van der Waals surface area contributed by atoms with Gasteiger partial charge in [-0.25, -0.2) is 0 Å². The molecule has 0 spiro atoms. The Morgan fingerprint density at radius 1 is 1.46 bits per heavy atom. The summed E-state index contributed by atoms with van der Waals surface area (Å²) in [5.41, 5.74) is 0.827. The fourth-order valence-electron chi connectivity index (χ4n) is 4.07. The maximum atomic E-state index is 11.8. The first-order chi connectivity index (χ1) is 15.6. The normalized spacial score (nSPS) is 34.8. The van der Waals surface area contributed by atoms with Crippen LogP contribution in [0.1, 0.15) is 73.8 Å². The first kappa shape index (κ1) is 15.3. The molecule has 0 saturated heterocycles. The lowest BCUT2D eigenvalue weighted by atomic mass is 9.89. The van der Waals surface area contributed by atoms with E-state index >= 15 is 0 Å². The molecule has 2 N–H and O–H groups in total. The summed E-state index contributed by atoms with van der Waals surface area (Å²) in [4.78, 5) is 11.8. The van der Waals surface area contributed by atoms with E-state index in [1.165, 1.54) is 12.2 Å². The zero-order valence-electron chi connectivity index (χ0n) is 22.9. The minimum absolute atomic E-state index is 0.0209. The second-order valence-corrected chi connectivity index (χ2v) is 7.48. The van der Waals surface area contributed by atoms with Gasteiger partial charge < -0.3 is 14.9 Å². The van der Waals surface area contributed by atoms with Gasteiger partial charge in [0.25, 0.3) is 0 Å². The van der Waals surface area contributed by atoms with Crippen molar-refractivity contribution in [1.82, 2.24) is 0 Å². The lowest BCUT2D eigenvalue weighted by Crippen LogP contribution is -2.19. The van der Waals surface area contributed by atoms with E-state index in [1.807, 2.05) is 0 Å². The molecular weight excluding hydrogens is 352 g/mol. The van der Waals surface area contributed by atoms with Gasteiger partial charge in [0.15, 0.2) is 0 Å². The van der Waals surface area contributed by atoms with Gasteiger partial charge >= 0.3 is 5.97 Å². The third kappa shape index (κ3) is 6.50. The quantitative estimate of drug-likeness (QED) is 0.352. The highest BCUT2D eigenvalue weighted by Gasteiger charge is 2.44. The van der Waals surface area contributed by atoms with Gasteiger partial charge in [-0.1, -0.05) is 30.7 Å². The van der Waals surface area contributed by atoms with E-state index < -0.39 is 49.6 Å². The number of fused-ring (bicyclic) bond motifs is 1. The highest BCUT2D eigenvalue weighted by Crippen LogP contribution is 2.50. The van der Waals surface area contributed by atoms with Crippen molar-refractivity contribution in [3.8, 4) is 11.8 Å². The molecule has 2 fully saturated rings. The molecule has 0 bridgehead atoms. The summed E-state index contributed by atoms with van der Waals surface area (Å²) in [7, 11) is 0. The minimum Gasteiger partial charge on any atom is -0.466 e. The fraction of sp³-hybridized carbons (Fsp3) is 0.708. The number of aliphatic hydroxyl groups excluding tert-OH is 2. The summed E-state index contributed by atoms with van der Waals surface area (Å²) in [5, 5.41) is 21.0. The number of allylic oxidation sites excluding steroid dienone is 2. The summed E-state index contributed by atoms with van der Waals surface area (Å²) < 4.78 is 52.9. The van der Waals surface area contributed by atoms with Crippen LogP contribution in [0.15, 0.2) is 23.8 Å². The van der Waals surface area contributed by atoms with E-state index in [9.17, 15) is 15.0 Å². The first-order valence-electron chi connectivity index (χ1n) is 13.0. The van der Waals surface area contributed by atoms with Gasteiger partial charge in [0.1, 0.15) is 0 Å². The lowest BCUT2D eigenvalue weighted by Gasteiger charge is -2.19. The average molecular weight is 395 g/mol. The number of carbonyl (C=O) groups is 1. The van der Waals surface area contributed by atoms with Crippen LogP contribution < -0.4 is 0 Å². The van der Waals surface area contributed by atoms with Crippen LogP contribution in [0.2, 0.25) is 0 Å². The Labute approximate surface area is 178 Å². The van der Waals surface area contributed by atoms with Gasteiger partial charge in [-0.15, -0.1) is 11.8 Å². The number of hydrogen-bond acceptors (Lipinski definition) is 4. The van der Waals surface area contributed by atoms with E-state index in [4.69, 9.17) is 13.0 Å². The molecule has 28 heavy (non-hydrogen) atoms. The Kier molecular flexibility index (Phi) is 6.25. The maximum absolute atomic E-state index is 11.8. The SMILES string of the molecule is [2H]C([2H])(/C=C1\C[C@H]2C[C@@H](O)[C@H](/C=C/[C@@H](O)C(C)C([2H])([2H])C#CC)[C@H]2C1)CC([2H])([2H])C(=O)OCC. The van der Waals surface area contributed by atoms with Crippen molar-refractivity contribution in [3.05, 3.63) is 23.8 Å². The van der Waals surface area contributed by atoms with Crippen molar-refractivity contribution in [1.29, 1.82) is 0 Å². The molecule has 1 unspecified atom stereocenters. The van der Waals surface area contributed by atoms with Crippen molar-refractivity contribution < 1.29 is 28.0 Å². The van der Waals surface area contributed by atoms with E-state index in [1.54, 1.807) is 26.8 Å². The third-order valence-corrected chi connectivity index (χ3v) is 5.49. The molecule has 0 aromatic heterocycles. The molecule has 2 rings (SSSR count). The van der Waals surface area contributed by atoms with Crippen molar-refractivity contribution in [2.75, 3.05) is 6.61 Å². The van der Waals surface area contributed by atoms with Crippen molar-refractivity contribution in [2.45, 2.75) is 77.8 Å². The van der Waals surface area contributed by atoms with Crippen LogP contribution in [0.5, 0.6) is 0 Å². The second kappa shape index (κ2) is 11.4. The highest BCUT2D eigenvalue weighted by molar-refractivity contribution is 5.69. The number of hydrogen-bond donors (Lipinski definition) is 2. The minimum atomic E-state index is -2.44. The van der Waals surface area contributed by atoms with Crippen molar-refractivity contribution in [2.24, 2.45) is 23.7 Å². The van der Waals surface area contributed by atoms with Crippen LogP contribution in [0.25, 0.3) is 0 Å². The molecule has 4 nitrogen and oxygen atoms in total. The van der Waals surface area contributed by atoms with Gasteiger partial charge in [-0.05, 0) is 63.7 Å². The van der Waals surface area contributed by atoms with E-state index in [-0.39, 0.29) is 24.4 Å². The molecule has 0 amide bonds. The van der Waals surface area contributed by atoms with Crippen LogP contribution in [-0.2, 0) is 9.53 Å². The molecule has 156 valence electrons. The standard InChI is InChI=1S/C24H36O4/c1-4-6-9-17(3)22(25)13-12-20-21-15-18(14-19(21)16-23(20)26)10-7-8-11-24(27)28-5-2/h10,12-13,17,19-23,25-26H,5,7-9,11,14-16H2,1-3H3/b13-12+,18-10+/t17?,19-,20+,21-,22+,23+/m0/s1/i7D2,9D2,11D2. The molecular formula is C24H36O4. The number of esters is 1. The fourth-order valence-corrected chi connectivity index (χ4v) is 4.07. The molecule has 0 aromatic rings. The average Bonchev–Trinajstić information content (AvgIpc) is 3.20. The Hall–Kier alpha value is -1.57. The molecule has 2 aliphatic carbocycles. The number of aliphatic hydroxyl groups is 2. The Morgan fingerprint density at radius 2 is 2.25 bits per heavy atom. The number of carbonyl (C=O) groups excluding carboxylic acids is 1. The predicted octanol–water partition coefficient (Wildman–Crippen LogP) is 4.02. The van der Waals surface area contributed by atoms with Crippen LogP contribution in [0.4, 0.5) is 0 Å². The number of ether oxygens (including phenoxy) is 1. The number of rotatable bonds is 9. The van der Waals surface area contributed by atoms with Gasteiger partial charge in [0, 0.05) is 26.9 Å². The van der Waals surface area contributed by atoms with Crippen molar-refractivity contribution in [3.63, 3.8) is 0 Å². The van der Waals surface area contributed by atoms with Gasteiger partial charge in [-0.3, -0.25) is 4.79 Å². The monoisotopic (exact) mass is 394 g/mol. The molecule has 2 saturated carbocycles. The summed E-state index contributed by atoms with van der Waals surface area (Å²) in [6, 6.07) is 0. The van der Waals surface area contributed by atoms with Crippen LogP contribution >= 0.6 is 0 Å². The first-order valence-corrected chi connectivity index (χ1v) is 9.99. The van der Waals surface area contributed by atoms with Crippen molar-refractivity contribution >= 4 is 5.97 Å². The largest absolute Gasteiger partial charge is 0.466 e. The summed E-state index contributed by atoms with van der Waals surface area (Å²) in [6.07, 6.45) is -2.31. The van der Waals surface area contributed by atoms with Gasteiger partial charge in [-0.2, -0.15) is 0 Å². The molecule has 0 radical (unpaired) electrons. The molecule has 0 heterocycles. The molecule has 0 aromatic carbocycles. The van der Waals surface area contributed by atoms with Gasteiger partial charge in [0.2, 0.25) is 0 Å². The lowest BCUT2D eigenvalue weighted by molar-refractivity contribution is -0.143. The Balaban J connectivity index is 2.09. The van der Waals surface area contributed by atoms with Gasteiger partial charge in [0.05, 0.1) is 18.8 Å². The van der Waals surface area contributed by atoms with E-state index in [0.717, 1.165) is 5.57 Å². The van der Waals surface area contributed by atoms with Crippen LogP contribution in [0.3, 0.4) is 0 Å². The molecule has 6 atom stereocenters. The van der Waals surface area contributed by atoms with E-state index in [0.29, 0.717) is 19.3 Å². The van der Waals surface area contributed by atoms with Crippen LogP contribution in [0, 0.1) is 35.5 Å². The Morgan fingerprint density at radius 3 is 2.96 bits per heavy atom. The smallest absolute Gasteiger partial charge is 0.305 e. The zero-order valence-corrected chi connectivity index (χ0v) is 16.9.